The molecule has 0 aliphatic heterocycles. The second-order valence-electron chi connectivity index (χ2n) is 3.22. The van der Waals surface area contributed by atoms with Crippen LogP contribution in [0.15, 0.2) is 46.1 Å². The van der Waals surface area contributed by atoms with Crippen molar-refractivity contribution < 1.29 is 4.79 Å². The quantitative estimate of drug-likeness (QED) is 0.670. The summed E-state index contributed by atoms with van der Waals surface area (Å²) in [5.74, 6) is -0.323. The minimum absolute atomic E-state index is 0.323. The van der Waals surface area contributed by atoms with Crippen molar-refractivity contribution in [2.24, 2.45) is 5.10 Å². The number of carbonyl (C=O) groups is 1. The molecule has 0 fully saturated rings. The van der Waals surface area contributed by atoms with Crippen LogP contribution in [0, 0.1) is 0 Å². The van der Waals surface area contributed by atoms with Crippen molar-refractivity contribution in [1.29, 1.82) is 0 Å². The third-order valence-corrected chi connectivity index (χ3v) is 2.52. The maximum Gasteiger partial charge on any atom is 0.289 e. The molecular formula is C11H9BrN4O. The molecule has 2 N–H and O–H groups in total. The summed E-state index contributed by atoms with van der Waals surface area (Å²) in [6.45, 7) is 0. The van der Waals surface area contributed by atoms with Gasteiger partial charge in [-0.1, -0.05) is 28.1 Å². The molecule has 0 unspecified atom stereocenters. The Morgan fingerprint density at radius 3 is 2.76 bits per heavy atom. The van der Waals surface area contributed by atoms with E-state index in [-0.39, 0.29) is 5.91 Å². The van der Waals surface area contributed by atoms with E-state index in [4.69, 9.17) is 0 Å². The van der Waals surface area contributed by atoms with E-state index < -0.39 is 0 Å². The van der Waals surface area contributed by atoms with Gasteiger partial charge in [-0.2, -0.15) is 10.2 Å². The average Bonchev–Trinajstić information content (AvgIpc) is 2.85. The van der Waals surface area contributed by atoms with Gasteiger partial charge < -0.3 is 0 Å². The van der Waals surface area contributed by atoms with Gasteiger partial charge in [0.05, 0.1) is 6.21 Å². The third kappa shape index (κ3) is 3.25. The first kappa shape index (κ1) is 11.5. The molecule has 2 aromatic rings. The predicted molar refractivity (Wildman–Crippen MR) is 67.8 cm³/mol. The molecule has 0 saturated carbocycles. The molecule has 1 aromatic heterocycles. The summed E-state index contributed by atoms with van der Waals surface area (Å²) in [6.07, 6.45) is 3.08. The smallest absolute Gasteiger partial charge is 0.273 e. The first-order valence-electron chi connectivity index (χ1n) is 4.84. The number of aromatic amines is 1. The van der Waals surface area contributed by atoms with Crippen molar-refractivity contribution in [2.45, 2.75) is 0 Å². The van der Waals surface area contributed by atoms with Crippen molar-refractivity contribution in [3.8, 4) is 0 Å². The second kappa shape index (κ2) is 5.40. The van der Waals surface area contributed by atoms with Gasteiger partial charge in [-0.05, 0) is 23.8 Å². The molecule has 0 atom stereocenters. The molecule has 0 bridgehead atoms. The average molecular weight is 293 g/mol. The number of rotatable bonds is 3. The summed E-state index contributed by atoms with van der Waals surface area (Å²) < 4.78 is 0.996. The molecule has 0 saturated heterocycles. The number of hydrogen-bond acceptors (Lipinski definition) is 3. The van der Waals surface area contributed by atoms with Crippen molar-refractivity contribution in [2.75, 3.05) is 0 Å². The monoisotopic (exact) mass is 292 g/mol. The molecule has 0 spiro atoms. The van der Waals surface area contributed by atoms with E-state index in [0.29, 0.717) is 5.69 Å². The summed E-state index contributed by atoms with van der Waals surface area (Å²) in [5, 5.41) is 10.1. The zero-order valence-corrected chi connectivity index (χ0v) is 10.3. The second-order valence-corrected chi connectivity index (χ2v) is 4.14. The largest absolute Gasteiger partial charge is 0.289 e. The van der Waals surface area contributed by atoms with Gasteiger partial charge in [0.1, 0.15) is 5.69 Å². The van der Waals surface area contributed by atoms with Crippen molar-refractivity contribution >= 4 is 28.1 Å². The van der Waals surface area contributed by atoms with Crippen LogP contribution in [0.3, 0.4) is 0 Å². The van der Waals surface area contributed by atoms with Crippen LogP contribution in [-0.4, -0.2) is 22.3 Å². The van der Waals surface area contributed by atoms with Crippen molar-refractivity contribution in [3.05, 3.63) is 52.3 Å². The molecule has 2 rings (SSSR count). The Bertz CT molecular complexity index is 519. The summed E-state index contributed by atoms with van der Waals surface area (Å²) in [7, 11) is 0. The lowest BCUT2D eigenvalue weighted by molar-refractivity contribution is 0.0950. The van der Waals surface area contributed by atoms with Gasteiger partial charge in [0.25, 0.3) is 5.91 Å². The molecule has 17 heavy (non-hydrogen) atoms. The molecular weight excluding hydrogens is 284 g/mol. The highest BCUT2D eigenvalue weighted by molar-refractivity contribution is 9.10. The molecule has 1 heterocycles. The first-order chi connectivity index (χ1) is 8.25. The topological polar surface area (TPSA) is 70.1 Å². The summed E-state index contributed by atoms with van der Waals surface area (Å²) in [4.78, 5) is 11.4. The van der Waals surface area contributed by atoms with Crippen LogP contribution in [0.1, 0.15) is 16.1 Å². The van der Waals surface area contributed by atoms with Crippen molar-refractivity contribution in [3.63, 3.8) is 0 Å². The van der Waals surface area contributed by atoms with E-state index in [9.17, 15) is 4.79 Å². The number of hydrogen-bond donors (Lipinski definition) is 2. The minimum atomic E-state index is -0.323. The number of amides is 1. The van der Waals surface area contributed by atoms with Crippen LogP contribution in [0.2, 0.25) is 0 Å². The number of nitrogens with zero attached hydrogens (tertiary/aromatic N) is 2. The van der Waals surface area contributed by atoms with Crippen LogP contribution < -0.4 is 5.43 Å². The maximum atomic E-state index is 11.4. The van der Waals surface area contributed by atoms with Gasteiger partial charge in [0.2, 0.25) is 0 Å². The van der Waals surface area contributed by atoms with E-state index in [1.54, 1.807) is 12.3 Å². The summed E-state index contributed by atoms with van der Waals surface area (Å²) >= 11 is 3.34. The fraction of sp³-hybridized carbons (Fsp3) is 0. The number of aromatic nitrogens is 2. The Balaban J connectivity index is 1.94. The zero-order chi connectivity index (χ0) is 12.1. The summed E-state index contributed by atoms with van der Waals surface area (Å²) in [6, 6.07) is 9.15. The van der Waals surface area contributed by atoms with Gasteiger partial charge >= 0.3 is 0 Å². The molecule has 0 aliphatic carbocycles. The molecule has 0 radical (unpaired) electrons. The van der Waals surface area contributed by atoms with Crippen LogP contribution in [0.25, 0.3) is 0 Å². The number of hydrazone groups is 1. The molecule has 1 amide bonds. The standard InChI is InChI=1S/C11H9BrN4O/c12-9-3-1-8(2-4-9)7-14-16-11(17)10-5-6-13-15-10/h1-7H,(H,13,15)(H,16,17)/b14-7-. The minimum Gasteiger partial charge on any atom is -0.273 e. The zero-order valence-electron chi connectivity index (χ0n) is 8.72. The van der Waals surface area contributed by atoms with Crippen LogP contribution in [0.4, 0.5) is 0 Å². The summed E-state index contributed by atoms with van der Waals surface area (Å²) in [5.41, 5.74) is 3.67. The number of carbonyl (C=O) groups excluding carboxylic acids is 1. The fourth-order valence-corrected chi connectivity index (χ4v) is 1.42. The Kier molecular flexibility index (Phi) is 3.66. The van der Waals surface area contributed by atoms with Gasteiger partial charge in [-0.3, -0.25) is 9.89 Å². The lowest BCUT2D eigenvalue weighted by atomic mass is 10.2. The van der Waals surface area contributed by atoms with Crippen LogP contribution >= 0.6 is 15.9 Å². The SMILES string of the molecule is O=C(N/N=C\c1ccc(Br)cc1)c1ccn[nH]1. The molecule has 5 nitrogen and oxygen atoms in total. The van der Waals surface area contributed by atoms with Gasteiger partial charge in [0, 0.05) is 10.7 Å². The number of halogens is 1. The fourth-order valence-electron chi connectivity index (χ4n) is 1.16. The van der Waals surface area contributed by atoms with E-state index in [1.807, 2.05) is 24.3 Å². The van der Waals surface area contributed by atoms with Gasteiger partial charge in [-0.15, -0.1) is 0 Å². The highest BCUT2D eigenvalue weighted by Gasteiger charge is 2.03. The maximum absolute atomic E-state index is 11.4. The number of benzene rings is 1. The molecule has 6 heteroatoms. The molecule has 0 aliphatic rings. The number of H-pyrrole nitrogens is 1. The third-order valence-electron chi connectivity index (χ3n) is 2.00. The van der Waals surface area contributed by atoms with Crippen molar-refractivity contribution in [1.82, 2.24) is 15.6 Å². The lowest BCUT2D eigenvalue weighted by Gasteiger charge is -1.96. The Hall–Kier alpha value is -1.95. The molecule has 1 aromatic carbocycles. The molecule has 86 valence electrons. The van der Waals surface area contributed by atoms with Crippen LogP contribution in [0.5, 0.6) is 0 Å². The number of nitrogens with one attached hydrogen (secondary N) is 2. The van der Waals surface area contributed by atoms with Gasteiger partial charge in [-0.25, -0.2) is 5.43 Å². The highest BCUT2D eigenvalue weighted by Crippen LogP contribution is 2.08. The lowest BCUT2D eigenvalue weighted by Crippen LogP contribution is -2.17. The van der Waals surface area contributed by atoms with Gasteiger partial charge in [0.15, 0.2) is 0 Å². The normalized spacial score (nSPS) is 10.6. The first-order valence-corrected chi connectivity index (χ1v) is 5.63. The van der Waals surface area contributed by atoms with Crippen LogP contribution in [-0.2, 0) is 0 Å². The Morgan fingerprint density at radius 2 is 2.12 bits per heavy atom. The highest BCUT2D eigenvalue weighted by atomic mass is 79.9. The Morgan fingerprint density at radius 1 is 1.35 bits per heavy atom. The van der Waals surface area contributed by atoms with E-state index in [0.717, 1.165) is 10.0 Å². The Labute approximate surface area is 106 Å². The van der Waals surface area contributed by atoms with E-state index >= 15 is 0 Å². The predicted octanol–water partition coefficient (Wildman–Crippen LogP) is 1.94. The van der Waals surface area contributed by atoms with E-state index in [1.165, 1.54) is 6.20 Å². The van der Waals surface area contributed by atoms with E-state index in [2.05, 4.69) is 36.7 Å².